The molecule has 0 bridgehead atoms. The quantitative estimate of drug-likeness (QED) is 0.599. The number of hydrogen-bond acceptors (Lipinski definition) is 3. The third-order valence-corrected chi connectivity index (χ3v) is 4.11. The highest BCUT2D eigenvalue weighted by Crippen LogP contribution is 2.39. The summed E-state index contributed by atoms with van der Waals surface area (Å²) in [7, 11) is 0. The maximum atomic E-state index is 7.43. The van der Waals surface area contributed by atoms with Gasteiger partial charge in [-0.05, 0) is 36.8 Å². The fraction of sp³-hybridized carbons (Fsp3) is 0.538. The van der Waals surface area contributed by atoms with E-state index in [2.05, 4.69) is 9.88 Å². The Morgan fingerprint density at radius 2 is 2.06 bits per heavy atom. The molecule has 1 saturated heterocycles. The van der Waals surface area contributed by atoms with E-state index in [0.29, 0.717) is 5.69 Å². The van der Waals surface area contributed by atoms with Crippen LogP contribution in [0.1, 0.15) is 25.0 Å². The second kappa shape index (κ2) is 4.02. The van der Waals surface area contributed by atoms with Crippen molar-refractivity contribution in [1.82, 2.24) is 4.98 Å². The third-order valence-electron chi connectivity index (χ3n) is 4.11. The van der Waals surface area contributed by atoms with Crippen molar-refractivity contribution in [2.45, 2.75) is 19.3 Å². The molecule has 2 atom stereocenters. The number of nitrogen functional groups attached to an aromatic ring is 1. The number of nitrogens with two attached hydrogens (primary N) is 1. The molecule has 1 aliphatic carbocycles. The summed E-state index contributed by atoms with van der Waals surface area (Å²) in [6.45, 7) is 2.32. The van der Waals surface area contributed by atoms with E-state index in [1.54, 1.807) is 6.20 Å². The zero-order valence-electron chi connectivity index (χ0n) is 9.89. The molecule has 90 valence electrons. The molecule has 2 fully saturated rings. The Morgan fingerprint density at radius 3 is 2.71 bits per heavy atom. The molecule has 0 radical (unpaired) electrons. The summed E-state index contributed by atoms with van der Waals surface area (Å²) in [6.07, 6.45) is 5.91. The number of anilines is 1. The number of nitrogens with one attached hydrogen (secondary N) is 1. The molecule has 0 amide bonds. The molecule has 2 aliphatic rings. The summed E-state index contributed by atoms with van der Waals surface area (Å²) in [4.78, 5) is 6.53. The van der Waals surface area contributed by atoms with Gasteiger partial charge in [0.25, 0.3) is 0 Å². The molecule has 4 nitrogen and oxygen atoms in total. The second-order valence-corrected chi connectivity index (χ2v) is 5.17. The molecule has 1 aromatic rings. The van der Waals surface area contributed by atoms with Gasteiger partial charge in [0, 0.05) is 25.0 Å². The average Bonchev–Trinajstić information content (AvgIpc) is 2.89. The molecule has 2 heterocycles. The summed E-state index contributed by atoms with van der Waals surface area (Å²) < 4.78 is 0. The van der Waals surface area contributed by atoms with Crippen LogP contribution in [0.15, 0.2) is 18.3 Å². The van der Waals surface area contributed by atoms with E-state index in [-0.39, 0.29) is 5.84 Å². The lowest BCUT2D eigenvalue weighted by Crippen LogP contribution is -2.22. The van der Waals surface area contributed by atoms with Crippen molar-refractivity contribution in [2.24, 2.45) is 17.6 Å². The number of amidine groups is 1. The number of aromatic nitrogens is 1. The van der Waals surface area contributed by atoms with Crippen LogP contribution in [-0.2, 0) is 0 Å². The van der Waals surface area contributed by atoms with E-state index < -0.39 is 0 Å². The Labute approximate surface area is 101 Å². The Bertz CT molecular complexity index is 431. The topological polar surface area (TPSA) is 66.0 Å². The fourth-order valence-corrected chi connectivity index (χ4v) is 3.21. The van der Waals surface area contributed by atoms with Gasteiger partial charge in [-0.25, -0.2) is 0 Å². The van der Waals surface area contributed by atoms with E-state index in [4.69, 9.17) is 11.1 Å². The van der Waals surface area contributed by atoms with E-state index in [1.165, 1.54) is 24.9 Å². The third kappa shape index (κ3) is 1.88. The van der Waals surface area contributed by atoms with Crippen LogP contribution in [0.5, 0.6) is 0 Å². The van der Waals surface area contributed by atoms with Crippen molar-refractivity contribution >= 4 is 11.5 Å². The minimum Gasteiger partial charge on any atom is -0.382 e. The lowest BCUT2D eigenvalue weighted by Gasteiger charge is -2.19. The monoisotopic (exact) mass is 230 g/mol. The van der Waals surface area contributed by atoms with Crippen LogP contribution in [0.3, 0.4) is 0 Å². The van der Waals surface area contributed by atoms with Gasteiger partial charge in [0.15, 0.2) is 0 Å². The summed E-state index contributed by atoms with van der Waals surface area (Å²) in [6, 6.07) is 3.96. The maximum absolute atomic E-state index is 7.43. The first-order valence-electron chi connectivity index (χ1n) is 6.29. The molecule has 4 heteroatoms. The molecule has 2 unspecified atom stereocenters. The van der Waals surface area contributed by atoms with E-state index in [0.717, 1.165) is 24.9 Å². The van der Waals surface area contributed by atoms with Crippen molar-refractivity contribution in [3.63, 3.8) is 0 Å². The van der Waals surface area contributed by atoms with Gasteiger partial charge in [-0.2, -0.15) is 0 Å². The van der Waals surface area contributed by atoms with Gasteiger partial charge < -0.3 is 10.6 Å². The van der Waals surface area contributed by atoms with Crippen molar-refractivity contribution in [3.05, 3.63) is 24.0 Å². The maximum Gasteiger partial charge on any atom is 0.141 e. The lowest BCUT2D eigenvalue weighted by atomic mass is 10.0. The largest absolute Gasteiger partial charge is 0.382 e. The first kappa shape index (κ1) is 10.6. The zero-order valence-corrected chi connectivity index (χ0v) is 9.89. The molecule has 1 saturated carbocycles. The highest BCUT2D eigenvalue weighted by atomic mass is 15.2. The zero-order chi connectivity index (χ0) is 11.8. The van der Waals surface area contributed by atoms with Gasteiger partial charge >= 0.3 is 0 Å². The highest BCUT2D eigenvalue weighted by molar-refractivity contribution is 5.93. The molecule has 3 N–H and O–H groups in total. The lowest BCUT2D eigenvalue weighted by molar-refractivity contribution is 0.494. The van der Waals surface area contributed by atoms with Crippen LogP contribution in [-0.4, -0.2) is 23.9 Å². The molecular formula is C13H18N4. The van der Waals surface area contributed by atoms with Crippen molar-refractivity contribution in [1.29, 1.82) is 5.41 Å². The van der Waals surface area contributed by atoms with Gasteiger partial charge in [-0.1, -0.05) is 6.42 Å². The predicted octanol–water partition coefficient (Wildman–Crippen LogP) is 1.60. The average molecular weight is 230 g/mol. The predicted molar refractivity (Wildman–Crippen MR) is 68.3 cm³/mol. The van der Waals surface area contributed by atoms with Gasteiger partial charge in [0.05, 0.1) is 0 Å². The molecule has 1 aliphatic heterocycles. The first-order chi connectivity index (χ1) is 8.24. The van der Waals surface area contributed by atoms with E-state index in [9.17, 15) is 0 Å². The Morgan fingerprint density at radius 1 is 1.35 bits per heavy atom. The van der Waals surface area contributed by atoms with Crippen molar-refractivity contribution in [2.75, 3.05) is 18.0 Å². The minimum atomic E-state index is 0.0474. The Kier molecular flexibility index (Phi) is 2.50. The van der Waals surface area contributed by atoms with Gasteiger partial charge in [0.1, 0.15) is 11.5 Å². The summed E-state index contributed by atoms with van der Waals surface area (Å²) in [5.74, 6) is 1.80. The molecule has 0 aromatic carbocycles. The second-order valence-electron chi connectivity index (χ2n) is 5.17. The Hall–Kier alpha value is -1.58. The van der Waals surface area contributed by atoms with Crippen molar-refractivity contribution in [3.8, 4) is 0 Å². The number of fused-ring (bicyclic) bond motifs is 1. The van der Waals surface area contributed by atoms with E-state index >= 15 is 0 Å². The smallest absolute Gasteiger partial charge is 0.141 e. The highest BCUT2D eigenvalue weighted by Gasteiger charge is 2.36. The number of rotatable bonds is 2. The summed E-state index contributed by atoms with van der Waals surface area (Å²) >= 11 is 0. The van der Waals surface area contributed by atoms with Crippen LogP contribution in [0, 0.1) is 17.2 Å². The summed E-state index contributed by atoms with van der Waals surface area (Å²) in [5, 5.41) is 7.43. The normalized spacial score (nSPS) is 27.2. The van der Waals surface area contributed by atoms with Crippen molar-refractivity contribution < 1.29 is 0 Å². The molecule has 0 spiro atoms. The van der Waals surface area contributed by atoms with Crippen LogP contribution < -0.4 is 10.6 Å². The molecule has 1 aromatic heterocycles. The number of pyridine rings is 1. The van der Waals surface area contributed by atoms with E-state index in [1.807, 2.05) is 12.1 Å². The number of hydrogen-bond donors (Lipinski definition) is 2. The first-order valence-corrected chi connectivity index (χ1v) is 6.29. The van der Waals surface area contributed by atoms with Gasteiger partial charge in [0.2, 0.25) is 0 Å². The Balaban J connectivity index is 1.81. The van der Waals surface area contributed by atoms with Gasteiger partial charge in [-0.15, -0.1) is 0 Å². The molecule has 17 heavy (non-hydrogen) atoms. The number of nitrogens with zero attached hydrogens (tertiary/aromatic N) is 2. The minimum absolute atomic E-state index is 0.0474. The molecular weight excluding hydrogens is 212 g/mol. The van der Waals surface area contributed by atoms with Crippen LogP contribution in [0.2, 0.25) is 0 Å². The summed E-state index contributed by atoms with van der Waals surface area (Å²) in [5.41, 5.74) is 7.22. The van der Waals surface area contributed by atoms with Crippen LogP contribution >= 0.6 is 0 Å². The fourth-order valence-electron chi connectivity index (χ4n) is 3.21. The molecule has 3 rings (SSSR count). The van der Waals surface area contributed by atoms with Crippen LogP contribution in [0.4, 0.5) is 5.69 Å². The standard InChI is InChI=1S/C13H18N4/c14-13(15)12-6-11(4-5-16-12)17-7-9-2-1-3-10(9)8-17/h4-6,9-10H,1-3,7-8H2,(H3,14,15). The SMILES string of the molecule is N=C(N)c1cc(N2CC3CCCC3C2)ccn1. The van der Waals surface area contributed by atoms with Gasteiger partial charge in [-0.3, -0.25) is 10.4 Å². The van der Waals surface area contributed by atoms with Crippen LogP contribution in [0.25, 0.3) is 0 Å².